The Morgan fingerprint density at radius 1 is 0.892 bits per heavy atom. The summed E-state index contributed by atoms with van der Waals surface area (Å²) in [6, 6.07) is 18.9. The SMILES string of the molecule is O=C(Nc1cccc(Cl)c1)c1c(-c2ccc(F)cc2)c2c3n(c(-c4ccc(Cl)c(Cl)c4)cn13)CCCC2. The molecule has 4 nitrogen and oxygen atoms in total. The average molecular weight is 553 g/mol. The van der Waals surface area contributed by atoms with Gasteiger partial charge in [0.05, 0.1) is 15.7 Å². The standard InChI is InChI=1S/C29H21Cl3FN3O/c30-19-4-3-5-21(15-19)34-28(37)27-26(17-7-10-20(33)11-8-17)22-6-1-2-13-35-25(16-36(27)29(22)35)18-9-12-23(31)24(32)14-18/h3-5,7-12,14-16H,1-2,6,13H2,(H,34,37). The van der Waals surface area contributed by atoms with E-state index in [1.165, 1.54) is 12.1 Å². The number of carbonyl (C=O) groups is 1. The number of rotatable bonds is 4. The number of amides is 1. The lowest BCUT2D eigenvalue weighted by Crippen LogP contribution is -2.15. The fourth-order valence-electron chi connectivity index (χ4n) is 5.18. The van der Waals surface area contributed by atoms with E-state index in [4.69, 9.17) is 34.8 Å². The molecule has 0 bridgehead atoms. The smallest absolute Gasteiger partial charge is 0.273 e. The molecule has 1 aliphatic heterocycles. The minimum absolute atomic E-state index is 0.277. The van der Waals surface area contributed by atoms with E-state index in [0.29, 0.717) is 26.4 Å². The molecule has 186 valence electrons. The van der Waals surface area contributed by atoms with Gasteiger partial charge in [-0.1, -0.05) is 59.1 Å². The summed E-state index contributed by atoms with van der Waals surface area (Å²) in [5.41, 5.74) is 6.55. The predicted octanol–water partition coefficient (Wildman–Crippen LogP) is 8.76. The van der Waals surface area contributed by atoms with Crippen LogP contribution in [0, 0.1) is 5.82 Å². The molecule has 3 heterocycles. The van der Waals surface area contributed by atoms with Gasteiger partial charge in [-0.2, -0.15) is 0 Å². The third-order valence-corrected chi connectivity index (χ3v) is 7.75. The normalized spacial score (nSPS) is 13.1. The molecule has 1 amide bonds. The number of carbonyl (C=O) groups excluding carboxylic acids is 1. The van der Waals surface area contributed by atoms with E-state index in [0.717, 1.165) is 59.4 Å². The topological polar surface area (TPSA) is 38.4 Å². The van der Waals surface area contributed by atoms with Crippen molar-refractivity contribution in [2.24, 2.45) is 0 Å². The van der Waals surface area contributed by atoms with Crippen LogP contribution >= 0.6 is 34.8 Å². The Hall–Kier alpha value is -3.25. The largest absolute Gasteiger partial charge is 0.325 e. The number of aromatic nitrogens is 2. The lowest BCUT2D eigenvalue weighted by Gasteiger charge is -2.11. The molecule has 0 fully saturated rings. The summed E-state index contributed by atoms with van der Waals surface area (Å²) in [6.45, 7) is 0.793. The Bertz CT molecular complexity index is 1670. The third-order valence-electron chi connectivity index (χ3n) is 6.78. The van der Waals surface area contributed by atoms with Crippen molar-refractivity contribution in [3.63, 3.8) is 0 Å². The van der Waals surface area contributed by atoms with Crippen molar-refractivity contribution in [3.8, 4) is 22.4 Å². The average Bonchev–Trinajstić information content (AvgIpc) is 3.29. The predicted molar refractivity (Wildman–Crippen MR) is 149 cm³/mol. The summed E-state index contributed by atoms with van der Waals surface area (Å²) in [7, 11) is 0. The number of halogens is 4. The molecule has 3 aromatic carbocycles. The van der Waals surface area contributed by atoms with Crippen LogP contribution in [-0.4, -0.2) is 14.9 Å². The van der Waals surface area contributed by atoms with E-state index in [1.807, 2.05) is 22.7 Å². The van der Waals surface area contributed by atoms with Crippen LogP contribution in [0.5, 0.6) is 0 Å². The molecule has 37 heavy (non-hydrogen) atoms. The fourth-order valence-corrected chi connectivity index (χ4v) is 5.67. The van der Waals surface area contributed by atoms with Gasteiger partial charge >= 0.3 is 0 Å². The van der Waals surface area contributed by atoms with Gasteiger partial charge in [0.15, 0.2) is 0 Å². The second-order valence-corrected chi connectivity index (χ2v) is 10.4. The van der Waals surface area contributed by atoms with Gasteiger partial charge in [0.2, 0.25) is 0 Å². The summed E-state index contributed by atoms with van der Waals surface area (Å²) < 4.78 is 18.0. The van der Waals surface area contributed by atoms with Crippen LogP contribution in [0.2, 0.25) is 15.1 Å². The summed E-state index contributed by atoms with van der Waals surface area (Å²) in [5, 5.41) is 4.49. The van der Waals surface area contributed by atoms with E-state index in [1.54, 1.807) is 42.5 Å². The van der Waals surface area contributed by atoms with Crippen LogP contribution in [-0.2, 0) is 13.0 Å². The third kappa shape index (κ3) is 4.31. The molecule has 2 aromatic heterocycles. The van der Waals surface area contributed by atoms with Gasteiger partial charge in [0, 0.05) is 40.1 Å². The highest BCUT2D eigenvalue weighted by molar-refractivity contribution is 6.42. The molecule has 0 aliphatic carbocycles. The van der Waals surface area contributed by atoms with Gasteiger partial charge < -0.3 is 9.88 Å². The maximum absolute atomic E-state index is 13.9. The van der Waals surface area contributed by atoms with Gasteiger partial charge in [0.1, 0.15) is 17.2 Å². The Balaban J connectivity index is 1.61. The lowest BCUT2D eigenvalue weighted by atomic mass is 9.97. The Labute approximate surface area is 228 Å². The molecular formula is C29H21Cl3FN3O. The lowest BCUT2D eigenvalue weighted by molar-refractivity contribution is 0.102. The highest BCUT2D eigenvalue weighted by Gasteiger charge is 2.29. The number of anilines is 1. The first-order chi connectivity index (χ1) is 17.9. The molecule has 0 saturated carbocycles. The van der Waals surface area contributed by atoms with Crippen molar-refractivity contribution in [2.75, 3.05) is 5.32 Å². The number of hydrogen-bond acceptors (Lipinski definition) is 1. The van der Waals surface area contributed by atoms with Crippen LogP contribution < -0.4 is 5.32 Å². The highest BCUT2D eigenvalue weighted by Crippen LogP contribution is 2.40. The van der Waals surface area contributed by atoms with Gasteiger partial charge in [-0.15, -0.1) is 0 Å². The quantitative estimate of drug-likeness (QED) is 0.238. The van der Waals surface area contributed by atoms with Gasteiger partial charge in [-0.25, -0.2) is 4.39 Å². The van der Waals surface area contributed by atoms with Gasteiger partial charge in [-0.3, -0.25) is 9.20 Å². The number of nitrogens with one attached hydrogen (secondary N) is 1. The Kier molecular flexibility index (Phi) is 6.23. The van der Waals surface area contributed by atoms with Crippen LogP contribution in [0.25, 0.3) is 28.0 Å². The summed E-state index contributed by atoms with van der Waals surface area (Å²) >= 11 is 18.7. The number of nitrogens with zero attached hydrogens (tertiary/aromatic N) is 2. The van der Waals surface area contributed by atoms with Crippen molar-refractivity contribution in [3.05, 3.63) is 105 Å². The maximum Gasteiger partial charge on any atom is 0.273 e. The van der Waals surface area contributed by atoms with E-state index in [-0.39, 0.29) is 11.7 Å². The van der Waals surface area contributed by atoms with Crippen LogP contribution in [0.3, 0.4) is 0 Å². The van der Waals surface area contributed by atoms with E-state index in [2.05, 4.69) is 9.88 Å². The molecule has 6 rings (SSSR count). The summed E-state index contributed by atoms with van der Waals surface area (Å²) in [6.07, 6.45) is 4.72. The van der Waals surface area contributed by atoms with Crippen molar-refractivity contribution < 1.29 is 9.18 Å². The summed E-state index contributed by atoms with van der Waals surface area (Å²) in [5.74, 6) is -0.601. The minimum atomic E-state index is -0.324. The second kappa shape index (κ2) is 9.56. The Morgan fingerprint density at radius 2 is 1.68 bits per heavy atom. The first-order valence-corrected chi connectivity index (χ1v) is 13.1. The molecular weight excluding hydrogens is 532 g/mol. The summed E-state index contributed by atoms with van der Waals surface area (Å²) in [4.78, 5) is 13.9. The van der Waals surface area contributed by atoms with Crippen LogP contribution in [0.15, 0.2) is 72.9 Å². The first kappa shape index (κ1) is 24.1. The van der Waals surface area contributed by atoms with E-state index >= 15 is 0 Å². The molecule has 0 unspecified atom stereocenters. The van der Waals surface area contributed by atoms with Crippen molar-refractivity contribution in [1.29, 1.82) is 0 Å². The molecule has 0 radical (unpaired) electrons. The molecule has 5 aromatic rings. The minimum Gasteiger partial charge on any atom is -0.325 e. The highest BCUT2D eigenvalue weighted by atomic mass is 35.5. The molecule has 8 heteroatoms. The number of benzene rings is 3. The molecule has 1 aliphatic rings. The van der Waals surface area contributed by atoms with E-state index in [9.17, 15) is 9.18 Å². The van der Waals surface area contributed by atoms with E-state index < -0.39 is 0 Å². The first-order valence-electron chi connectivity index (χ1n) is 12.0. The monoisotopic (exact) mass is 551 g/mol. The molecule has 0 atom stereocenters. The van der Waals surface area contributed by atoms with Crippen molar-refractivity contribution in [1.82, 2.24) is 8.97 Å². The zero-order valence-corrected chi connectivity index (χ0v) is 21.8. The molecule has 0 saturated heterocycles. The molecule has 1 N–H and O–H groups in total. The van der Waals surface area contributed by atoms with Gasteiger partial charge in [-0.05, 0) is 67.3 Å². The second-order valence-electron chi connectivity index (χ2n) is 9.12. The zero-order valence-electron chi connectivity index (χ0n) is 19.6. The fraction of sp³-hybridized carbons (Fsp3) is 0.138. The van der Waals surface area contributed by atoms with Gasteiger partial charge in [0.25, 0.3) is 5.91 Å². The number of imidazole rings is 1. The van der Waals surface area contributed by atoms with Crippen LogP contribution in [0.4, 0.5) is 10.1 Å². The number of aryl methyl sites for hydroxylation is 2. The Morgan fingerprint density at radius 3 is 2.43 bits per heavy atom. The van der Waals surface area contributed by atoms with Crippen LogP contribution in [0.1, 0.15) is 28.9 Å². The van der Waals surface area contributed by atoms with Crippen molar-refractivity contribution >= 4 is 52.0 Å². The maximum atomic E-state index is 13.9. The zero-order chi connectivity index (χ0) is 25.7. The molecule has 0 spiro atoms. The number of hydrogen-bond donors (Lipinski definition) is 1. The van der Waals surface area contributed by atoms with Crippen molar-refractivity contribution in [2.45, 2.75) is 25.8 Å².